The summed E-state index contributed by atoms with van der Waals surface area (Å²) in [6.07, 6.45) is 3.38. The molecule has 0 saturated heterocycles. The van der Waals surface area contributed by atoms with Crippen molar-refractivity contribution in [1.82, 2.24) is 9.78 Å². The van der Waals surface area contributed by atoms with Crippen molar-refractivity contribution in [3.8, 4) is 11.8 Å². The van der Waals surface area contributed by atoms with Gasteiger partial charge in [-0.05, 0) is 17.7 Å². The van der Waals surface area contributed by atoms with Crippen LogP contribution in [-0.2, 0) is 6.54 Å². The number of nitrogens with zero attached hydrogens (tertiary/aromatic N) is 2. The molecule has 0 aliphatic rings. The first-order valence-electron chi connectivity index (χ1n) is 5.14. The normalized spacial score (nSPS) is 9.76. The summed E-state index contributed by atoms with van der Waals surface area (Å²) in [5.74, 6) is 5.49. The molecule has 17 heavy (non-hydrogen) atoms. The van der Waals surface area contributed by atoms with Crippen molar-refractivity contribution in [2.75, 3.05) is 6.61 Å². The topological polar surface area (TPSA) is 38.0 Å². The molecular formula is C13H11ClN2O. The summed E-state index contributed by atoms with van der Waals surface area (Å²) in [6, 6.07) is 7.81. The van der Waals surface area contributed by atoms with Crippen molar-refractivity contribution in [3.05, 3.63) is 52.8 Å². The molecule has 0 fully saturated rings. The molecule has 86 valence electrons. The van der Waals surface area contributed by atoms with E-state index in [-0.39, 0.29) is 6.61 Å². The summed E-state index contributed by atoms with van der Waals surface area (Å²) in [5, 5.41) is 13.4. The maximum absolute atomic E-state index is 8.63. The van der Waals surface area contributed by atoms with Gasteiger partial charge in [-0.2, -0.15) is 5.10 Å². The minimum absolute atomic E-state index is 0.126. The molecule has 1 N–H and O–H groups in total. The Morgan fingerprint density at radius 2 is 2.29 bits per heavy atom. The molecule has 4 heteroatoms. The SMILES string of the molecule is OCC#Cc1cccc(Cn2cc(Cl)cn2)c1. The van der Waals surface area contributed by atoms with E-state index in [1.165, 1.54) is 0 Å². The number of aliphatic hydroxyl groups excluding tert-OH is 1. The van der Waals surface area contributed by atoms with Gasteiger partial charge in [0.05, 0.1) is 17.8 Å². The van der Waals surface area contributed by atoms with Crippen molar-refractivity contribution in [1.29, 1.82) is 0 Å². The highest BCUT2D eigenvalue weighted by atomic mass is 35.5. The molecular weight excluding hydrogens is 236 g/mol. The van der Waals surface area contributed by atoms with Gasteiger partial charge in [0, 0.05) is 11.8 Å². The zero-order valence-electron chi connectivity index (χ0n) is 9.10. The van der Waals surface area contributed by atoms with Gasteiger partial charge in [-0.15, -0.1) is 0 Å². The Bertz CT molecular complexity index is 566. The monoisotopic (exact) mass is 246 g/mol. The van der Waals surface area contributed by atoms with Crippen molar-refractivity contribution < 1.29 is 5.11 Å². The Labute approximate surface area is 105 Å². The van der Waals surface area contributed by atoms with Crippen LogP contribution < -0.4 is 0 Å². The lowest BCUT2D eigenvalue weighted by Crippen LogP contribution is -1.99. The van der Waals surface area contributed by atoms with E-state index in [0.717, 1.165) is 11.1 Å². The smallest absolute Gasteiger partial charge is 0.104 e. The molecule has 0 aliphatic carbocycles. The maximum Gasteiger partial charge on any atom is 0.104 e. The molecule has 0 aliphatic heterocycles. The van der Waals surface area contributed by atoms with E-state index in [4.69, 9.17) is 16.7 Å². The van der Waals surface area contributed by atoms with Gasteiger partial charge in [-0.1, -0.05) is 35.6 Å². The Morgan fingerprint density at radius 1 is 1.41 bits per heavy atom. The highest BCUT2D eigenvalue weighted by molar-refractivity contribution is 6.30. The fourth-order valence-corrected chi connectivity index (χ4v) is 1.66. The van der Waals surface area contributed by atoms with Crippen LogP contribution in [0.5, 0.6) is 0 Å². The molecule has 0 amide bonds. The van der Waals surface area contributed by atoms with Gasteiger partial charge in [-0.3, -0.25) is 4.68 Å². The molecule has 2 aromatic rings. The molecule has 0 radical (unpaired) electrons. The summed E-state index contributed by atoms with van der Waals surface area (Å²) in [6.45, 7) is 0.528. The lowest BCUT2D eigenvalue weighted by Gasteiger charge is -2.02. The number of halogens is 1. The average molecular weight is 247 g/mol. The molecule has 0 spiro atoms. The fourth-order valence-electron chi connectivity index (χ4n) is 1.50. The van der Waals surface area contributed by atoms with Gasteiger partial charge < -0.3 is 5.11 Å². The quantitative estimate of drug-likeness (QED) is 0.823. The third kappa shape index (κ3) is 3.35. The van der Waals surface area contributed by atoms with E-state index in [1.807, 2.05) is 24.3 Å². The number of aliphatic hydroxyl groups is 1. The lowest BCUT2D eigenvalue weighted by atomic mass is 10.1. The Morgan fingerprint density at radius 3 is 3.00 bits per heavy atom. The minimum Gasteiger partial charge on any atom is -0.384 e. The zero-order chi connectivity index (χ0) is 12.1. The van der Waals surface area contributed by atoms with E-state index >= 15 is 0 Å². The van der Waals surface area contributed by atoms with Crippen LogP contribution in [-0.4, -0.2) is 21.5 Å². The van der Waals surface area contributed by atoms with Crippen LogP contribution in [0.2, 0.25) is 5.02 Å². The number of hydrogen-bond donors (Lipinski definition) is 1. The number of hydrogen-bond acceptors (Lipinski definition) is 2. The predicted octanol–water partition coefficient (Wildman–Crippen LogP) is 1.93. The molecule has 0 saturated carbocycles. The Hall–Kier alpha value is -1.76. The molecule has 3 nitrogen and oxygen atoms in total. The second kappa shape index (κ2) is 5.53. The summed E-state index contributed by atoms with van der Waals surface area (Å²) < 4.78 is 1.76. The van der Waals surface area contributed by atoms with Crippen molar-refractivity contribution in [2.45, 2.75) is 6.54 Å². The summed E-state index contributed by atoms with van der Waals surface area (Å²) in [4.78, 5) is 0. The highest BCUT2D eigenvalue weighted by Gasteiger charge is 1.98. The fraction of sp³-hybridized carbons (Fsp3) is 0.154. The Kier molecular flexibility index (Phi) is 3.81. The first-order chi connectivity index (χ1) is 8.28. The molecule has 0 unspecified atom stereocenters. The summed E-state index contributed by atoms with van der Waals surface area (Å²) in [5.41, 5.74) is 1.98. The average Bonchev–Trinajstić information content (AvgIpc) is 2.73. The number of rotatable bonds is 2. The summed E-state index contributed by atoms with van der Waals surface area (Å²) >= 11 is 5.79. The second-order valence-electron chi connectivity index (χ2n) is 3.52. The van der Waals surface area contributed by atoms with Crippen molar-refractivity contribution >= 4 is 11.6 Å². The molecule has 0 atom stereocenters. The van der Waals surface area contributed by atoms with Gasteiger partial charge >= 0.3 is 0 Å². The van der Waals surface area contributed by atoms with Crippen molar-refractivity contribution in [3.63, 3.8) is 0 Å². The summed E-state index contributed by atoms with van der Waals surface area (Å²) in [7, 11) is 0. The highest BCUT2D eigenvalue weighted by Crippen LogP contribution is 2.09. The molecule has 1 aromatic heterocycles. The standard InChI is InChI=1S/C13H11ClN2O/c14-13-8-15-16(10-13)9-12-4-1-3-11(7-12)5-2-6-17/h1,3-4,7-8,10,17H,6,9H2. The van der Waals surface area contributed by atoms with Crippen LogP contribution in [0.15, 0.2) is 36.7 Å². The van der Waals surface area contributed by atoms with Crippen LogP contribution in [0.3, 0.4) is 0 Å². The van der Waals surface area contributed by atoms with Crippen LogP contribution in [0.1, 0.15) is 11.1 Å². The molecule has 1 aromatic carbocycles. The second-order valence-corrected chi connectivity index (χ2v) is 3.95. The Balaban J connectivity index is 2.16. The van der Waals surface area contributed by atoms with E-state index in [2.05, 4.69) is 16.9 Å². The maximum atomic E-state index is 8.63. The lowest BCUT2D eigenvalue weighted by molar-refractivity contribution is 0.350. The van der Waals surface area contributed by atoms with Gasteiger partial charge in [0.1, 0.15) is 6.61 Å². The third-order valence-corrected chi connectivity index (χ3v) is 2.38. The zero-order valence-corrected chi connectivity index (χ0v) is 9.85. The van der Waals surface area contributed by atoms with Gasteiger partial charge in [0.2, 0.25) is 0 Å². The van der Waals surface area contributed by atoms with Gasteiger partial charge in [-0.25, -0.2) is 0 Å². The largest absolute Gasteiger partial charge is 0.384 e. The first-order valence-corrected chi connectivity index (χ1v) is 5.52. The van der Waals surface area contributed by atoms with Crippen LogP contribution in [0.25, 0.3) is 0 Å². The number of benzene rings is 1. The van der Waals surface area contributed by atoms with Crippen molar-refractivity contribution in [2.24, 2.45) is 0 Å². The molecule has 1 heterocycles. The predicted molar refractivity (Wildman–Crippen MR) is 66.7 cm³/mol. The van der Waals surface area contributed by atoms with E-state index in [1.54, 1.807) is 17.1 Å². The van der Waals surface area contributed by atoms with E-state index in [9.17, 15) is 0 Å². The van der Waals surface area contributed by atoms with Crippen LogP contribution >= 0.6 is 11.6 Å². The molecule has 2 rings (SSSR count). The minimum atomic E-state index is -0.126. The van der Waals surface area contributed by atoms with Gasteiger partial charge in [0.15, 0.2) is 0 Å². The van der Waals surface area contributed by atoms with Crippen LogP contribution in [0.4, 0.5) is 0 Å². The number of aromatic nitrogens is 2. The molecule has 0 bridgehead atoms. The third-order valence-electron chi connectivity index (χ3n) is 2.19. The van der Waals surface area contributed by atoms with E-state index < -0.39 is 0 Å². The first kappa shape index (κ1) is 11.7. The van der Waals surface area contributed by atoms with Gasteiger partial charge in [0.25, 0.3) is 0 Å². The van der Waals surface area contributed by atoms with E-state index in [0.29, 0.717) is 11.6 Å². The van der Waals surface area contributed by atoms with Crippen LogP contribution in [0, 0.1) is 11.8 Å².